The molecule has 0 aromatic heterocycles. The van der Waals surface area contributed by atoms with Crippen LogP contribution in [0.2, 0.25) is 0 Å². The Morgan fingerprint density at radius 2 is 1.75 bits per heavy atom. The van der Waals surface area contributed by atoms with E-state index in [2.05, 4.69) is 48.3 Å². The summed E-state index contributed by atoms with van der Waals surface area (Å²) in [6, 6.07) is 8.44. The third-order valence-corrected chi connectivity index (χ3v) is 3.97. The zero-order chi connectivity index (χ0) is 17.4. The second-order valence-electron chi connectivity index (χ2n) is 5.83. The molecular formula is C18H28N4O2. The molecule has 1 aliphatic heterocycles. The molecule has 0 aliphatic carbocycles. The summed E-state index contributed by atoms with van der Waals surface area (Å²) in [5.74, 6) is 0.904. The Morgan fingerprint density at radius 3 is 2.33 bits per heavy atom. The number of nitrogens with zero attached hydrogens (tertiary/aromatic N) is 3. The van der Waals surface area contributed by atoms with Crippen LogP contribution in [0.15, 0.2) is 29.3 Å². The van der Waals surface area contributed by atoms with Gasteiger partial charge in [-0.3, -0.25) is 0 Å². The van der Waals surface area contributed by atoms with E-state index < -0.39 is 0 Å². The van der Waals surface area contributed by atoms with Gasteiger partial charge in [-0.25, -0.2) is 9.79 Å². The molecule has 1 aromatic carbocycles. The number of rotatable bonds is 4. The summed E-state index contributed by atoms with van der Waals surface area (Å²) < 4.78 is 5.06. The molecular weight excluding hydrogens is 304 g/mol. The summed E-state index contributed by atoms with van der Waals surface area (Å²) in [6.07, 6.45) is -0.223. The molecule has 1 fully saturated rings. The topological polar surface area (TPSA) is 57.2 Å². The van der Waals surface area contributed by atoms with Crippen molar-refractivity contribution in [3.05, 3.63) is 35.4 Å². The van der Waals surface area contributed by atoms with Crippen molar-refractivity contribution in [1.29, 1.82) is 0 Å². The molecule has 1 N–H and O–H groups in total. The summed E-state index contributed by atoms with van der Waals surface area (Å²) in [5, 5.41) is 3.34. The van der Waals surface area contributed by atoms with Gasteiger partial charge in [0, 0.05) is 32.7 Å². The fraction of sp³-hybridized carbons (Fsp3) is 0.556. The minimum atomic E-state index is -0.223. The number of hydrogen-bond acceptors (Lipinski definition) is 3. The molecule has 6 heteroatoms. The van der Waals surface area contributed by atoms with Crippen molar-refractivity contribution in [1.82, 2.24) is 15.1 Å². The fourth-order valence-corrected chi connectivity index (χ4v) is 2.60. The van der Waals surface area contributed by atoms with Gasteiger partial charge in [0.2, 0.25) is 0 Å². The van der Waals surface area contributed by atoms with Crippen molar-refractivity contribution < 1.29 is 9.53 Å². The van der Waals surface area contributed by atoms with Gasteiger partial charge in [-0.1, -0.05) is 29.8 Å². The number of nitrogens with one attached hydrogen (secondary N) is 1. The van der Waals surface area contributed by atoms with Crippen molar-refractivity contribution in [2.75, 3.05) is 39.3 Å². The molecule has 6 nitrogen and oxygen atoms in total. The molecule has 0 atom stereocenters. The number of piperazine rings is 1. The number of ether oxygens (including phenoxy) is 1. The Morgan fingerprint density at radius 1 is 1.12 bits per heavy atom. The summed E-state index contributed by atoms with van der Waals surface area (Å²) >= 11 is 0. The monoisotopic (exact) mass is 332 g/mol. The highest BCUT2D eigenvalue weighted by Crippen LogP contribution is 2.07. The van der Waals surface area contributed by atoms with Crippen LogP contribution < -0.4 is 5.32 Å². The first kappa shape index (κ1) is 18.1. The van der Waals surface area contributed by atoms with E-state index in [1.807, 2.05) is 6.92 Å². The van der Waals surface area contributed by atoms with Crippen LogP contribution in [-0.4, -0.2) is 61.2 Å². The highest BCUT2D eigenvalue weighted by Gasteiger charge is 2.23. The quantitative estimate of drug-likeness (QED) is 0.679. The zero-order valence-corrected chi connectivity index (χ0v) is 14.9. The minimum Gasteiger partial charge on any atom is -0.450 e. The van der Waals surface area contributed by atoms with Gasteiger partial charge in [0.15, 0.2) is 5.96 Å². The van der Waals surface area contributed by atoms with Crippen LogP contribution in [0, 0.1) is 6.92 Å². The predicted octanol–water partition coefficient (Wildman–Crippen LogP) is 2.23. The maximum Gasteiger partial charge on any atom is 0.409 e. The van der Waals surface area contributed by atoms with Crippen LogP contribution in [0.1, 0.15) is 25.0 Å². The molecule has 1 heterocycles. The van der Waals surface area contributed by atoms with Gasteiger partial charge in [0.25, 0.3) is 0 Å². The SMILES string of the molecule is CCNC(=NCc1ccc(C)cc1)N1CCN(C(=O)OCC)CC1. The van der Waals surface area contributed by atoms with Crippen molar-refractivity contribution in [3.8, 4) is 0 Å². The molecule has 132 valence electrons. The first-order valence-corrected chi connectivity index (χ1v) is 8.64. The second kappa shape index (κ2) is 9.15. The maximum absolute atomic E-state index is 11.8. The molecule has 24 heavy (non-hydrogen) atoms. The molecule has 1 aromatic rings. The van der Waals surface area contributed by atoms with Gasteiger partial charge in [-0.2, -0.15) is 0 Å². The summed E-state index contributed by atoms with van der Waals surface area (Å²) in [7, 11) is 0. The maximum atomic E-state index is 11.8. The summed E-state index contributed by atoms with van der Waals surface area (Å²) in [4.78, 5) is 20.5. The van der Waals surface area contributed by atoms with Crippen molar-refractivity contribution >= 4 is 12.1 Å². The third kappa shape index (κ3) is 5.15. The first-order chi connectivity index (χ1) is 11.6. The van der Waals surface area contributed by atoms with E-state index >= 15 is 0 Å². The lowest BCUT2D eigenvalue weighted by Crippen LogP contribution is -2.53. The number of aliphatic imine (C=N–C) groups is 1. The molecule has 0 radical (unpaired) electrons. The number of amides is 1. The average Bonchev–Trinajstić information content (AvgIpc) is 2.60. The smallest absolute Gasteiger partial charge is 0.409 e. The molecule has 0 saturated carbocycles. The molecule has 0 spiro atoms. The fourth-order valence-electron chi connectivity index (χ4n) is 2.60. The Kier molecular flexibility index (Phi) is 6.90. The van der Waals surface area contributed by atoms with Crippen LogP contribution in [0.3, 0.4) is 0 Å². The number of guanidine groups is 1. The predicted molar refractivity (Wildman–Crippen MR) is 96.2 cm³/mol. The number of aryl methyl sites for hydroxylation is 1. The van der Waals surface area contributed by atoms with Gasteiger partial charge in [-0.05, 0) is 26.3 Å². The molecule has 1 aliphatic rings. The van der Waals surface area contributed by atoms with Crippen LogP contribution in [0.25, 0.3) is 0 Å². The van der Waals surface area contributed by atoms with E-state index in [0.717, 1.165) is 25.6 Å². The van der Waals surface area contributed by atoms with Gasteiger partial charge in [0.1, 0.15) is 0 Å². The summed E-state index contributed by atoms with van der Waals surface area (Å²) in [5.41, 5.74) is 2.45. The van der Waals surface area contributed by atoms with Crippen LogP contribution in [0.5, 0.6) is 0 Å². The van der Waals surface area contributed by atoms with Crippen molar-refractivity contribution in [2.24, 2.45) is 4.99 Å². The van der Waals surface area contributed by atoms with E-state index in [4.69, 9.17) is 9.73 Å². The third-order valence-electron chi connectivity index (χ3n) is 3.97. The normalized spacial score (nSPS) is 15.4. The second-order valence-corrected chi connectivity index (χ2v) is 5.83. The lowest BCUT2D eigenvalue weighted by molar-refractivity contribution is 0.0914. The van der Waals surface area contributed by atoms with E-state index in [0.29, 0.717) is 26.2 Å². The average molecular weight is 332 g/mol. The van der Waals surface area contributed by atoms with Crippen LogP contribution in [-0.2, 0) is 11.3 Å². The Hall–Kier alpha value is -2.24. The van der Waals surface area contributed by atoms with Gasteiger partial charge in [0.05, 0.1) is 13.2 Å². The first-order valence-electron chi connectivity index (χ1n) is 8.64. The lowest BCUT2D eigenvalue weighted by Gasteiger charge is -2.35. The van der Waals surface area contributed by atoms with Crippen molar-refractivity contribution in [2.45, 2.75) is 27.3 Å². The molecule has 1 saturated heterocycles. The van der Waals surface area contributed by atoms with Gasteiger partial charge in [-0.15, -0.1) is 0 Å². The number of carbonyl (C=O) groups is 1. The molecule has 0 bridgehead atoms. The Labute approximate surface area is 144 Å². The van der Waals surface area contributed by atoms with E-state index in [-0.39, 0.29) is 6.09 Å². The van der Waals surface area contributed by atoms with E-state index in [1.165, 1.54) is 11.1 Å². The van der Waals surface area contributed by atoms with Crippen LogP contribution in [0.4, 0.5) is 4.79 Å². The highest BCUT2D eigenvalue weighted by molar-refractivity contribution is 5.80. The van der Waals surface area contributed by atoms with Gasteiger partial charge >= 0.3 is 6.09 Å². The Bertz CT molecular complexity index is 549. The lowest BCUT2D eigenvalue weighted by atomic mass is 10.1. The van der Waals surface area contributed by atoms with Crippen LogP contribution >= 0.6 is 0 Å². The number of carbonyl (C=O) groups excluding carboxylic acids is 1. The number of hydrogen-bond donors (Lipinski definition) is 1. The van der Waals surface area contributed by atoms with E-state index in [1.54, 1.807) is 4.90 Å². The van der Waals surface area contributed by atoms with Crippen molar-refractivity contribution in [3.63, 3.8) is 0 Å². The minimum absolute atomic E-state index is 0.223. The molecule has 2 rings (SSSR count). The summed E-state index contributed by atoms with van der Waals surface area (Å²) in [6.45, 7) is 10.7. The zero-order valence-electron chi connectivity index (χ0n) is 14.9. The standard InChI is InChI=1S/C18H28N4O2/c1-4-19-17(20-14-16-8-6-15(3)7-9-16)21-10-12-22(13-11-21)18(23)24-5-2/h6-9H,4-5,10-14H2,1-3H3,(H,19,20). The molecule has 1 amide bonds. The number of benzene rings is 1. The highest BCUT2D eigenvalue weighted by atomic mass is 16.6. The molecule has 0 unspecified atom stereocenters. The van der Waals surface area contributed by atoms with E-state index in [9.17, 15) is 4.79 Å². The largest absolute Gasteiger partial charge is 0.450 e. The Balaban J connectivity index is 1.94. The van der Waals surface area contributed by atoms with Gasteiger partial charge < -0.3 is 19.9 Å².